The number of likely N-dealkylation sites (N-methyl/N-ethyl adjacent to an activating group) is 1. The van der Waals surface area contributed by atoms with Gasteiger partial charge in [0.15, 0.2) is 0 Å². The normalized spacial score (nSPS) is 12.3. The van der Waals surface area contributed by atoms with E-state index in [1.165, 1.54) is 7.11 Å². The molecule has 0 radical (unpaired) electrons. The Morgan fingerprint density at radius 2 is 2.00 bits per heavy atom. The second-order valence-electron chi connectivity index (χ2n) is 5.28. The minimum Gasteiger partial charge on any atom is -0.465 e. The number of nitrogens with zero attached hydrogens (tertiary/aromatic N) is 1. The van der Waals surface area contributed by atoms with Crippen molar-refractivity contribution in [1.29, 1.82) is 0 Å². The SMILES string of the molecule is CCN(CC)CC(C)Nc1cc(C)c(N)c(C(=O)OC)c1. The molecule has 5 heteroatoms. The van der Waals surface area contributed by atoms with E-state index in [2.05, 4.69) is 31.0 Å². The smallest absolute Gasteiger partial charge is 0.340 e. The van der Waals surface area contributed by atoms with Gasteiger partial charge in [0.2, 0.25) is 0 Å². The first kappa shape index (κ1) is 17.3. The van der Waals surface area contributed by atoms with Crippen molar-refractivity contribution in [3.05, 3.63) is 23.3 Å². The molecule has 0 saturated heterocycles. The van der Waals surface area contributed by atoms with Gasteiger partial charge in [-0.05, 0) is 44.6 Å². The Hall–Kier alpha value is -1.75. The maximum atomic E-state index is 11.8. The van der Waals surface area contributed by atoms with E-state index in [0.29, 0.717) is 11.3 Å². The molecular formula is C16H27N3O2. The summed E-state index contributed by atoms with van der Waals surface area (Å²) in [5, 5.41) is 3.42. The third-order valence-electron chi connectivity index (χ3n) is 3.63. The average Bonchev–Trinajstić information content (AvgIpc) is 2.47. The highest BCUT2D eigenvalue weighted by Crippen LogP contribution is 2.24. The molecule has 1 atom stereocenters. The van der Waals surface area contributed by atoms with E-state index in [9.17, 15) is 4.79 Å². The second-order valence-corrected chi connectivity index (χ2v) is 5.28. The Labute approximate surface area is 127 Å². The number of nitrogens with two attached hydrogens (primary N) is 1. The fraction of sp³-hybridized carbons (Fsp3) is 0.562. The lowest BCUT2D eigenvalue weighted by Crippen LogP contribution is -2.34. The zero-order chi connectivity index (χ0) is 16.0. The first-order chi connectivity index (χ1) is 9.92. The minimum atomic E-state index is -0.407. The number of hydrogen-bond acceptors (Lipinski definition) is 5. The van der Waals surface area contributed by atoms with Crippen LogP contribution in [0.2, 0.25) is 0 Å². The molecule has 1 aromatic carbocycles. The number of ether oxygens (including phenoxy) is 1. The number of aryl methyl sites for hydroxylation is 1. The van der Waals surface area contributed by atoms with Gasteiger partial charge < -0.3 is 20.7 Å². The molecule has 21 heavy (non-hydrogen) atoms. The lowest BCUT2D eigenvalue weighted by atomic mass is 10.1. The maximum absolute atomic E-state index is 11.8. The molecule has 1 aromatic rings. The van der Waals surface area contributed by atoms with E-state index < -0.39 is 5.97 Å². The van der Waals surface area contributed by atoms with Crippen LogP contribution in [0.4, 0.5) is 11.4 Å². The van der Waals surface area contributed by atoms with Crippen molar-refractivity contribution in [1.82, 2.24) is 4.90 Å². The Morgan fingerprint density at radius 1 is 1.38 bits per heavy atom. The number of carbonyl (C=O) groups is 1. The minimum absolute atomic E-state index is 0.276. The van der Waals surface area contributed by atoms with Crippen LogP contribution in [0.1, 0.15) is 36.7 Å². The second kappa shape index (κ2) is 7.88. The summed E-state index contributed by atoms with van der Waals surface area (Å²) in [5.74, 6) is -0.407. The van der Waals surface area contributed by atoms with Crippen molar-refractivity contribution in [3.8, 4) is 0 Å². The molecule has 3 N–H and O–H groups in total. The van der Waals surface area contributed by atoms with E-state index >= 15 is 0 Å². The summed E-state index contributed by atoms with van der Waals surface area (Å²) >= 11 is 0. The molecule has 0 aliphatic heterocycles. The van der Waals surface area contributed by atoms with E-state index in [1.54, 1.807) is 6.07 Å². The molecule has 0 aliphatic rings. The number of benzene rings is 1. The van der Waals surface area contributed by atoms with Crippen molar-refractivity contribution in [2.75, 3.05) is 37.8 Å². The standard InChI is InChI=1S/C16H27N3O2/c1-6-19(7-2)10-12(4)18-13-8-11(3)15(17)14(9-13)16(20)21-5/h8-9,12,18H,6-7,10,17H2,1-5H3. The summed E-state index contributed by atoms with van der Waals surface area (Å²) in [6.07, 6.45) is 0. The number of anilines is 2. The molecule has 0 aromatic heterocycles. The van der Waals surface area contributed by atoms with Gasteiger partial charge >= 0.3 is 5.97 Å². The van der Waals surface area contributed by atoms with Gasteiger partial charge in [-0.3, -0.25) is 0 Å². The van der Waals surface area contributed by atoms with E-state index in [-0.39, 0.29) is 6.04 Å². The van der Waals surface area contributed by atoms with Crippen molar-refractivity contribution in [2.45, 2.75) is 33.7 Å². The Kier molecular flexibility index (Phi) is 6.49. The first-order valence-electron chi connectivity index (χ1n) is 7.40. The molecule has 0 heterocycles. The van der Waals surface area contributed by atoms with Gasteiger partial charge in [-0.25, -0.2) is 4.79 Å². The van der Waals surface area contributed by atoms with Gasteiger partial charge in [0.25, 0.3) is 0 Å². The summed E-state index contributed by atoms with van der Waals surface area (Å²) in [6, 6.07) is 3.99. The van der Waals surface area contributed by atoms with Crippen LogP contribution in [0.5, 0.6) is 0 Å². The van der Waals surface area contributed by atoms with Crippen molar-refractivity contribution in [2.24, 2.45) is 0 Å². The van der Waals surface area contributed by atoms with Crippen LogP contribution in [0.3, 0.4) is 0 Å². The van der Waals surface area contributed by atoms with Crippen molar-refractivity contribution >= 4 is 17.3 Å². The fourth-order valence-electron chi connectivity index (χ4n) is 2.36. The van der Waals surface area contributed by atoms with Gasteiger partial charge in [0, 0.05) is 24.0 Å². The molecule has 0 spiro atoms. The number of esters is 1. The topological polar surface area (TPSA) is 67.6 Å². The lowest BCUT2D eigenvalue weighted by molar-refractivity contribution is 0.0602. The van der Waals surface area contributed by atoms with Crippen molar-refractivity contribution in [3.63, 3.8) is 0 Å². The van der Waals surface area contributed by atoms with Gasteiger partial charge in [-0.2, -0.15) is 0 Å². The molecule has 1 unspecified atom stereocenters. The zero-order valence-electron chi connectivity index (χ0n) is 13.7. The van der Waals surface area contributed by atoms with Gasteiger partial charge in [-0.1, -0.05) is 13.8 Å². The van der Waals surface area contributed by atoms with E-state index in [1.807, 2.05) is 13.0 Å². The molecule has 0 amide bonds. The number of methoxy groups -OCH3 is 1. The van der Waals surface area contributed by atoms with Crippen LogP contribution in [0.25, 0.3) is 0 Å². The highest BCUT2D eigenvalue weighted by molar-refractivity contribution is 5.97. The van der Waals surface area contributed by atoms with Crippen LogP contribution in [-0.4, -0.2) is 43.7 Å². The summed E-state index contributed by atoms with van der Waals surface area (Å²) in [5.41, 5.74) is 8.59. The van der Waals surface area contributed by atoms with E-state index in [0.717, 1.165) is 30.9 Å². The molecular weight excluding hydrogens is 266 g/mol. The molecule has 118 valence electrons. The number of nitrogens with one attached hydrogen (secondary N) is 1. The molecule has 0 fully saturated rings. The monoisotopic (exact) mass is 293 g/mol. The van der Waals surface area contributed by atoms with Gasteiger partial charge in [0.05, 0.1) is 12.7 Å². The number of carbonyl (C=O) groups excluding carboxylic acids is 1. The summed E-state index contributed by atoms with van der Waals surface area (Å²) in [7, 11) is 1.36. The molecule has 0 saturated carbocycles. The fourth-order valence-corrected chi connectivity index (χ4v) is 2.36. The van der Waals surface area contributed by atoms with Gasteiger partial charge in [-0.15, -0.1) is 0 Å². The van der Waals surface area contributed by atoms with Gasteiger partial charge in [0.1, 0.15) is 0 Å². The average molecular weight is 293 g/mol. The van der Waals surface area contributed by atoms with Crippen LogP contribution in [0, 0.1) is 6.92 Å². The number of hydrogen-bond donors (Lipinski definition) is 2. The molecule has 0 bridgehead atoms. The highest BCUT2D eigenvalue weighted by Gasteiger charge is 2.15. The molecule has 1 rings (SSSR count). The lowest BCUT2D eigenvalue weighted by Gasteiger charge is -2.24. The first-order valence-corrected chi connectivity index (χ1v) is 7.40. The summed E-state index contributed by atoms with van der Waals surface area (Å²) < 4.78 is 4.78. The van der Waals surface area contributed by atoms with Crippen LogP contribution >= 0.6 is 0 Å². The molecule has 0 aliphatic carbocycles. The Balaban J connectivity index is 2.89. The summed E-state index contributed by atoms with van der Waals surface area (Å²) in [4.78, 5) is 14.1. The highest BCUT2D eigenvalue weighted by atomic mass is 16.5. The quantitative estimate of drug-likeness (QED) is 0.597. The maximum Gasteiger partial charge on any atom is 0.340 e. The van der Waals surface area contributed by atoms with Crippen LogP contribution in [-0.2, 0) is 4.74 Å². The van der Waals surface area contributed by atoms with E-state index in [4.69, 9.17) is 10.5 Å². The van der Waals surface area contributed by atoms with Crippen LogP contribution in [0.15, 0.2) is 12.1 Å². The Morgan fingerprint density at radius 3 is 2.52 bits per heavy atom. The molecule has 5 nitrogen and oxygen atoms in total. The predicted octanol–water partition coefficient (Wildman–Crippen LogP) is 2.51. The Bertz CT molecular complexity index is 485. The third-order valence-corrected chi connectivity index (χ3v) is 3.63. The largest absolute Gasteiger partial charge is 0.465 e. The third kappa shape index (κ3) is 4.63. The number of rotatable bonds is 7. The number of nitrogen functional groups attached to an aromatic ring is 1. The predicted molar refractivity (Wildman–Crippen MR) is 87.8 cm³/mol. The summed E-state index contributed by atoms with van der Waals surface area (Å²) in [6.45, 7) is 11.3. The zero-order valence-corrected chi connectivity index (χ0v) is 13.7. The van der Waals surface area contributed by atoms with Crippen molar-refractivity contribution < 1.29 is 9.53 Å². The van der Waals surface area contributed by atoms with Crippen LogP contribution < -0.4 is 11.1 Å².